The van der Waals surface area contributed by atoms with Crippen molar-refractivity contribution in [3.63, 3.8) is 0 Å². The maximum atomic E-state index is 6.06. The van der Waals surface area contributed by atoms with Crippen LogP contribution in [0.25, 0.3) is 10.4 Å². The number of thiophene rings is 2. The number of hydrogen-bond acceptors (Lipinski definition) is 3. The van der Waals surface area contributed by atoms with E-state index < -0.39 is 0 Å². The van der Waals surface area contributed by atoms with Crippen molar-refractivity contribution in [3.8, 4) is 10.4 Å². The Balaban J connectivity index is 2.29. The van der Waals surface area contributed by atoms with E-state index >= 15 is 0 Å². The minimum Gasteiger partial charge on any atom is -0.315 e. The summed E-state index contributed by atoms with van der Waals surface area (Å²) in [5, 5.41) is 8.17. The number of hydrogen-bond donors (Lipinski definition) is 1. The van der Waals surface area contributed by atoms with E-state index in [2.05, 4.69) is 16.8 Å². The summed E-state index contributed by atoms with van der Waals surface area (Å²) in [5.74, 6) is 0. The van der Waals surface area contributed by atoms with Gasteiger partial charge in [-0.3, -0.25) is 0 Å². The van der Waals surface area contributed by atoms with E-state index in [0.717, 1.165) is 11.6 Å². The number of nitrogens with one attached hydrogen (secondary N) is 1. The van der Waals surface area contributed by atoms with Gasteiger partial charge in [0, 0.05) is 17.0 Å². The van der Waals surface area contributed by atoms with Crippen LogP contribution in [0.2, 0.25) is 5.02 Å². The molecule has 2 aromatic rings. The topological polar surface area (TPSA) is 12.0 Å². The number of rotatable bonds is 3. The van der Waals surface area contributed by atoms with Crippen LogP contribution in [-0.2, 0) is 6.54 Å². The minimum atomic E-state index is 0.851. The van der Waals surface area contributed by atoms with Gasteiger partial charge in [0.05, 0.1) is 9.90 Å². The molecule has 1 N–H and O–H groups in total. The molecule has 0 saturated heterocycles. The third-order valence-corrected chi connectivity index (χ3v) is 4.21. The van der Waals surface area contributed by atoms with Gasteiger partial charge in [-0.15, -0.1) is 22.7 Å². The quantitative estimate of drug-likeness (QED) is 0.864. The summed E-state index contributed by atoms with van der Waals surface area (Å²) < 4.78 is 0. The molecule has 14 heavy (non-hydrogen) atoms. The van der Waals surface area contributed by atoms with Crippen molar-refractivity contribution < 1.29 is 0 Å². The summed E-state index contributed by atoms with van der Waals surface area (Å²) >= 11 is 9.52. The van der Waals surface area contributed by atoms with Crippen LogP contribution < -0.4 is 5.32 Å². The monoisotopic (exact) mass is 243 g/mol. The normalized spacial score (nSPS) is 10.7. The van der Waals surface area contributed by atoms with E-state index in [-0.39, 0.29) is 0 Å². The first kappa shape index (κ1) is 10.2. The smallest absolute Gasteiger partial charge is 0.0592 e. The zero-order valence-corrected chi connectivity index (χ0v) is 10.1. The Bertz CT molecular complexity index is 419. The van der Waals surface area contributed by atoms with Crippen molar-refractivity contribution >= 4 is 34.3 Å². The van der Waals surface area contributed by atoms with Crippen molar-refractivity contribution in [2.75, 3.05) is 7.05 Å². The molecule has 4 heteroatoms. The number of halogens is 1. The summed E-state index contributed by atoms with van der Waals surface area (Å²) in [6, 6.07) is 4.13. The van der Waals surface area contributed by atoms with Gasteiger partial charge in [-0.2, -0.15) is 0 Å². The summed E-state index contributed by atoms with van der Waals surface area (Å²) in [6.45, 7) is 0.924. The van der Waals surface area contributed by atoms with Crippen LogP contribution in [0.5, 0.6) is 0 Å². The first-order valence-corrected chi connectivity index (χ1v) is 6.40. The standard InChI is InChI=1S/C10H10ClNS2/c1-12-5-8-4-7(6-14-8)10-9(11)2-3-13-10/h2-4,6,12H,5H2,1H3. The van der Waals surface area contributed by atoms with Gasteiger partial charge in [0.2, 0.25) is 0 Å². The molecule has 2 aromatic heterocycles. The van der Waals surface area contributed by atoms with Gasteiger partial charge in [-0.1, -0.05) is 11.6 Å². The molecule has 0 saturated carbocycles. The molecule has 0 unspecified atom stereocenters. The maximum Gasteiger partial charge on any atom is 0.0592 e. The van der Waals surface area contributed by atoms with Crippen LogP contribution in [-0.4, -0.2) is 7.05 Å². The Morgan fingerprint density at radius 2 is 2.29 bits per heavy atom. The average Bonchev–Trinajstić information content (AvgIpc) is 2.74. The molecule has 0 spiro atoms. The third-order valence-electron chi connectivity index (χ3n) is 1.88. The lowest BCUT2D eigenvalue weighted by atomic mass is 10.2. The fraction of sp³-hybridized carbons (Fsp3) is 0.200. The molecular formula is C10H10ClNS2. The first-order chi connectivity index (χ1) is 6.81. The Labute approximate surface area is 96.4 Å². The Hall–Kier alpha value is -0.350. The van der Waals surface area contributed by atoms with Crippen LogP contribution in [0.3, 0.4) is 0 Å². The molecule has 0 fully saturated rings. The molecular weight excluding hydrogens is 234 g/mol. The van der Waals surface area contributed by atoms with Crippen molar-refractivity contribution in [1.29, 1.82) is 0 Å². The van der Waals surface area contributed by atoms with E-state index in [1.807, 2.05) is 18.5 Å². The predicted octanol–water partition coefficient (Wildman–Crippen LogP) is 3.85. The van der Waals surface area contributed by atoms with Gasteiger partial charge in [0.25, 0.3) is 0 Å². The minimum absolute atomic E-state index is 0.851. The molecule has 0 aliphatic heterocycles. The molecule has 74 valence electrons. The van der Waals surface area contributed by atoms with Gasteiger partial charge in [0.15, 0.2) is 0 Å². The molecule has 1 nitrogen and oxygen atoms in total. The van der Waals surface area contributed by atoms with E-state index in [9.17, 15) is 0 Å². The van der Waals surface area contributed by atoms with E-state index in [0.29, 0.717) is 0 Å². The van der Waals surface area contributed by atoms with E-state index in [4.69, 9.17) is 11.6 Å². The lowest BCUT2D eigenvalue weighted by molar-refractivity contribution is 0.832. The molecule has 0 radical (unpaired) electrons. The van der Waals surface area contributed by atoms with Crippen molar-refractivity contribution in [2.45, 2.75) is 6.54 Å². The fourth-order valence-corrected chi connectivity index (χ4v) is 3.38. The highest BCUT2D eigenvalue weighted by Gasteiger charge is 2.06. The van der Waals surface area contributed by atoms with Crippen molar-refractivity contribution in [2.24, 2.45) is 0 Å². The SMILES string of the molecule is CNCc1cc(-c2sccc2Cl)cs1. The van der Waals surface area contributed by atoms with E-state index in [1.165, 1.54) is 15.3 Å². The molecule has 0 aliphatic carbocycles. The molecule has 0 amide bonds. The van der Waals surface area contributed by atoms with Crippen LogP contribution in [0.1, 0.15) is 4.88 Å². The van der Waals surface area contributed by atoms with Crippen molar-refractivity contribution in [1.82, 2.24) is 5.32 Å². The second kappa shape index (κ2) is 4.45. The zero-order chi connectivity index (χ0) is 9.97. The van der Waals surface area contributed by atoms with Gasteiger partial charge in [0.1, 0.15) is 0 Å². The fourth-order valence-electron chi connectivity index (χ4n) is 1.27. The van der Waals surface area contributed by atoms with Crippen LogP contribution >= 0.6 is 34.3 Å². The third kappa shape index (κ3) is 2.01. The molecule has 0 aliphatic rings. The molecule has 0 bridgehead atoms. The lowest BCUT2D eigenvalue weighted by Crippen LogP contribution is -2.02. The highest BCUT2D eigenvalue weighted by atomic mass is 35.5. The largest absolute Gasteiger partial charge is 0.315 e. The second-order valence-corrected chi connectivity index (χ2v) is 5.25. The summed E-state index contributed by atoms with van der Waals surface area (Å²) in [4.78, 5) is 2.51. The zero-order valence-electron chi connectivity index (χ0n) is 7.71. The summed E-state index contributed by atoms with van der Waals surface area (Å²) in [6.07, 6.45) is 0. The van der Waals surface area contributed by atoms with Crippen LogP contribution in [0.15, 0.2) is 22.9 Å². The van der Waals surface area contributed by atoms with Crippen molar-refractivity contribution in [3.05, 3.63) is 32.8 Å². The highest BCUT2D eigenvalue weighted by Crippen LogP contribution is 2.35. The predicted molar refractivity (Wildman–Crippen MR) is 65.4 cm³/mol. The van der Waals surface area contributed by atoms with Crippen LogP contribution in [0, 0.1) is 0 Å². The highest BCUT2D eigenvalue weighted by molar-refractivity contribution is 7.15. The molecule has 2 heterocycles. The van der Waals surface area contributed by atoms with Gasteiger partial charge in [-0.25, -0.2) is 0 Å². The van der Waals surface area contributed by atoms with E-state index in [1.54, 1.807) is 22.7 Å². The Kier molecular flexibility index (Phi) is 3.23. The first-order valence-electron chi connectivity index (χ1n) is 4.26. The average molecular weight is 244 g/mol. The lowest BCUT2D eigenvalue weighted by Gasteiger charge is -1.93. The molecule has 0 aromatic carbocycles. The Morgan fingerprint density at radius 3 is 2.93 bits per heavy atom. The second-order valence-electron chi connectivity index (χ2n) is 2.93. The molecule has 2 rings (SSSR count). The maximum absolute atomic E-state index is 6.06. The summed E-state index contributed by atoms with van der Waals surface area (Å²) in [7, 11) is 1.96. The Morgan fingerprint density at radius 1 is 1.43 bits per heavy atom. The van der Waals surface area contributed by atoms with Crippen LogP contribution in [0.4, 0.5) is 0 Å². The molecule has 0 atom stereocenters. The summed E-state index contributed by atoms with van der Waals surface area (Å²) in [5.41, 5.74) is 1.24. The van der Waals surface area contributed by atoms with Gasteiger partial charge in [-0.05, 0) is 29.9 Å². The van der Waals surface area contributed by atoms with Gasteiger partial charge >= 0.3 is 0 Å². The van der Waals surface area contributed by atoms with Gasteiger partial charge < -0.3 is 5.32 Å².